The van der Waals surface area contributed by atoms with Crippen molar-refractivity contribution in [3.8, 4) is 0 Å². The van der Waals surface area contributed by atoms with Crippen LogP contribution in [0.5, 0.6) is 0 Å². The molecule has 0 radical (unpaired) electrons. The molecule has 0 spiro atoms. The van der Waals surface area contributed by atoms with E-state index in [0.29, 0.717) is 19.0 Å². The molecule has 78 valence electrons. The normalized spacial score (nSPS) is 25.7. The molecule has 13 heavy (non-hydrogen) atoms. The molecule has 0 aliphatic carbocycles. The maximum Gasteiger partial charge on any atom is 0.281 e. The molecule has 1 atom stereocenters. The van der Waals surface area contributed by atoms with E-state index in [1.165, 1.54) is 4.31 Å². The summed E-state index contributed by atoms with van der Waals surface area (Å²) in [5.41, 5.74) is 0. The summed E-state index contributed by atoms with van der Waals surface area (Å²) < 4.78 is 26.1. The second kappa shape index (κ2) is 3.94. The second-order valence-electron chi connectivity index (χ2n) is 3.71. The van der Waals surface area contributed by atoms with Gasteiger partial charge in [-0.2, -0.15) is 17.0 Å². The maximum absolute atomic E-state index is 11.6. The Morgan fingerprint density at radius 1 is 1.46 bits per heavy atom. The fourth-order valence-corrected chi connectivity index (χ4v) is 2.77. The summed E-state index contributed by atoms with van der Waals surface area (Å²) in [6.45, 7) is 3.48. The van der Waals surface area contributed by atoms with Gasteiger partial charge in [-0.3, -0.25) is 0 Å². The largest absolute Gasteiger partial charge is 0.281 e. The highest BCUT2D eigenvalue weighted by Crippen LogP contribution is 2.22. The van der Waals surface area contributed by atoms with E-state index in [0.717, 1.165) is 12.8 Å². The van der Waals surface area contributed by atoms with Gasteiger partial charge in [0.2, 0.25) is 0 Å². The summed E-state index contributed by atoms with van der Waals surface area (Å²) in [7, 11) is 0.00300. The Bertz CT molecular complexity index is 261. The average Bonchev–Trinajstić information content (AvgIpc) is 2.51. The van der Waals surface area contributed by atoms with Gasteiger partial charge in [0.1, 0.15) is 0 Å². The monoisotopic (exact) mass is 206 g/mol. The van der Waals surface area contributed by atoms with E-state index in [1.54, 1.807) is 18.4 Å². The highest BCUT2D eigenvalue weighted by Gasteiger charge is 2.31. The lowest BCUT2D eigenvalue weighted by molar-refractivity contribution is 0.408. The fraction of sp³-hybridized carbons (Fsp3) is 1.00. The van der Waals surface area contributed by atoms with Gasteiger partial charge in [-0.1, -0.05) is 13.3 Å². The van der Waals surface area contributed by atoms with Crippen LogP contribution in [0.15, 0.2) is 0 Å². The topological polar surface area (TPSA) is 40.6 Å². The second-order valence-corrected chi connectivity index (χ2v) is 5.85. The van der Waals surface area contributed by atoms with Gasteiger partial charge in [-0.15, -0.1) is 0 Å². The van der Waals surface area contributed by atoms with Crippen molar-refractivity contribution in [1.29, 1.82) is 0 Å². The fourth-order valence-electron chi connectivity index (χ4n) is 1.57. The molecule has 0 bridgehead atoms. The van der Waals surface area contributed by atoms with Gasteiger partial charge >= 0.3 is 0 Å². The van der Waals surface area contributed by atoms with Crippen LogP contribution < -0.4 is 0 Å². The van der Waals surface area contributed by atoms with Crippen molar-refractivity contribution in [2.24, 2.45) is 5.92 Å². The third-order valence-electron chi connectivity index (χ3n) is 2.61. The predicted molar refractivity (Wildman–Crippen MR) is 52.6 cm³/mol. The number of nitrogens with zero attached hydrogens (tertiary/aromatic N) is 2. The smallest absolute Gasteiger partial charge is 0.195 e. The van der Waals surface area contributed by atoms with E-state index in [1.807, 2.05) is 0 Å². The van der Waals surface area contributed by atoms with Gasteiger partial charge in [-0.05, 0) is 12.3 Å². The first kappa shape index (κ1) is 10.9. The Kier molecular flexibility index (Phi) is 3.32. The molecule has 1 fully saturated rings. The van der Waals surface area contributed by atoms with Crippen molar-refractivity contribution in [1.82, 2.24) is 8.61 Å². The molecular weight excluding hydrogens is 188 g/mol. The Hall–Kier alpha value is -0.130. The van der Waals surface area contributed by atoms with Gasteiger partial charge in [-0.25, -0.2) is 0 Å². The molecule has 0 saturated carbocycles. The average molecular weight is 206 g/mol. The summed E-state index contributed by atoms with van der Waals surface area (Å²) in [6.07, 6.45) is 2.07. The SMILES string of the molecule is CC[C@@H]1CCN(S(=O)(=O)N(C)C)C1. The van der Waals surface area contributed by atoms with E-state index < -0.39 is 10.2 Å². The van der Waals surface area contributed by atoms with Crippen LogP contribution in [0.25, 0.3) is 0 Å². The highest BCUT2D eigenvalue weighted by atomic mass is 32.2. The van der Waals surface area contributed by atoms with Gasteiger partial charge < -0.3 is 0 Å². The number of rotatable bonds is 3. The van der Waals surface area contributed by atoms with Crippen molar-refractivity contribution in [2.75, 3.05) is 27.2 Å². The zero-order chi connectivity index (χ0) is 10.1. The zero-order valence-electron chi connectivity index (χ0n) is 8.52. The quantitative estimate of drug-likeness (QED) is 0.675. The molecule has 4 nitrogen and oxygen atoms in total. The minimum Gasteiger partial charge on any atom is -0.195 e. The molecule has 1 aliphatic heterocycles. The van der Waals surface area contributed by atoms with E-state index in [2.05, 4.69) is 6.92 Å². The molecule has 0 aromatic carbocycles. The molecule has 0 amide bonds. The predicted octanol–water partition coefficient (Wildman–Crippen LogP) is 0.525. The van der Waals surface area contributed by atoms with Crippen LogP contribution >= 0.6 is 0 Å². The van der Waals surface area contributed by atoms with Crippen molar-refractivity contribution in [3.05, 3.63) is 0 Å². The summed E-state index contributed by atoms with van der Waals surface area (Å²) in [4.78, 5) is 0. The van der Waals surface area contributed by atoms with E-state index in [9.17, 15) is 8.42 Å². The van der Waals surface area contributed by atoms with Gasteiger partial charge in [0.15, 0.2) is 0 Å². The first-order valence-corrected chi connectivity index (χ1v) is 6.05. The van der Waals surface area contributed by atoms with Crippen LogP contribution in [0.1, 0.15) is 19.8 Å². The first-order chi connectivity index (χ1) is 5.98. The summed E-state index contributed by atoms with van der Waals surface area (Å²) >= 11 is 0. The molecular formula is C8H18N2O2S. The molecule has 0 unspecified atom stereocenters. The minimum absolute atomic E-state index is 0.551. The zero-order valence-corrected chi connectivity index (χ0v) is 9.34. The minimum atomic E-state index is -3.15. The summed E-state index contributed by atoms with van der Waals surface area (Å²) in [5, 5.41) is 0. The van der Waals surface area contributed by atoms with E-state index >= 15 is 0 Å². The molecule has 5 heteroatoms. The lowest BCUT2D eigenvalue weighted by Crippen LogP contribution is -2.38. The Balaban J connectivity index is 2.66. The number of hydrogen-bond acceptors (Lipinski definition) is 2. The van der Waals surface area contributed by atoms with Crippen LogP contribution in [-0.2, 0) is 10.2 Å². The van der Waals surface area contributed by atoms with Crippen LogP contribution in [0, 0.1) is 5.92 Å². The number of hydrogen-bond donors (Lipinski definition) is 0. The lowest BCUT2D eigenvalue weighted by atomic mass is 10.1. The van der Waals surface area contributed by atoms with E-state index in [4.69, 9.17) is 0 Å². The van der Waals surface area contributed by atoms with Crippen LogP contribution in [-0.4, -0.2) is 44.2 Å². The highest BCUT2D eigenvalue weighted by molar-refractivity contribution is 7.86. The van der Waals surface area contributed by atoms with Crippen molar-refractivity contribution in [2.45, 2.75) is 19.8 Å². The third kappa shape index (κ3) is 2.21. The Morgan fingerprint density at radius 2 is 2.08 bits per heavy atom. The lowest BCUT2D eigenvalue weighted by Gasteiger charge is -2.20. The van der Waals surface area contributed by atoms with Gasteiger partial charge in [0.25, 0.3) is 10.2 Å². The van der Waals surface area contributed by atoms with Crippen molar-refractivity contribution in [3.63, 3.8) is 0 Å². The first-order valence-electron chi connectivity index (χ1n) is 4.66. The molecule has 1 aliphatic rings. The summed E-state index contributed by atoms with van der Waals surface area (Å²) in [6, 6.07) is 0. The molecule has 1 rings (SSSR count). The molecule has 1 heterocycles. The molecule has 1 saturated heterocycles. The molecule has 0 aromatic heterocycles. The maximum atomic E-state index is 11.6. The molecule has 0 aromatic rings. The van der Waals surface area contributed by atoms with Crippen LogP contribution in [0.4, 0.5) is 0 Å². The third-order valence-corrected chi connectivity index (χ3v) is 4.52. The van der Waals surface area contributed by atoms with Gasteiger partial charge in [0.05, 0.1) is 0 Å². The molecule has 0 N–H and O–H groups in total. The van der Waals surface area contributed by atoms with Crippen LogP contribution in [0.3, 0.4) is 0 Å². The Morgan fingerprint density at radius 3 is 2.46 bits per heavy atom. The van der Waals surface area contributed by atoms with E-state index in [-0.39, 0.29) is 0 Å². The van der Waals surface area contributed by atoms with Crippen molar-refractivity contribution >= 4 is 10.2 Å². The summed E-state index contributed by atoms with van der Waals surface area (Å²) in [5.74, 6) is 0.551. The van der Waals surface area contributed by atoms with Crippen LogP contribution in [0.2, 0.25) is 0 Å². The Labute approximate surface area is 80.7 Å². The van der Waals surface area contributed by atoms with Gasteiger partial charge in [0, 0.05) is 27.2 Å². The standard InChI is InChI=1S/C8H18N2O2S/c1-4-8-5-6-10(7-8)13(11,12)9(2)3/h8H,4-7H2,1-3H3/t8-/m1/s1. The van der Waals surface area contributed by atoms with Crippen molar-refractivity contribution < 1.29 is 8.42 Å².